The Morgan fingerprint density at radius 1 is 1.41 bits per heavy atom. The molecule has 0 unspecified atom stereocenters. The number of imidazole rings is 1. The molecule has 0 aliphatic heterocycles. The number of aromatic nitrogens is 2. The van der Waals surface area contributed by atoms with Crippen LogP contribution >= 0.6 is 11.8 Å². The van der Waals surface area contributed by atoms with E-state index in [4.69, 9.17) is 0 Å². The van der Waals surface area contributed by atoms with Gasteiger partial charge in [-0.25, -0.2) is 4.98 Å². The number of hydrogen-bond donors (Lipinski definition) is 2. The molecule has 0 aliphatic carbocycles. The first-order valence-electron chi connectivity index (χ1n) is 5.19. The van der Waals surface area contributed by atoms with E-state index in [2.05, 4.69) is 15.3 Å². The van der Waals surface area contributed by atoms with Gasteiger partial charge < -0.3 is 10.3 Å². The summed E-state index contributed by atoms with van der Waals surface area (Å²) in [5.74, 6) is -0.0766. The minimum absolute atomic E-state index is 0.0766. The zero-order valence-electron chi connectivity index (χ0n) is 9.43. The maximum Gasteiger partial charge on any atom is 0.251 e. The molecule has 0 atom stereocenters. The van der Waals surface area contributed by atoms with Crippen LogP contribution in [0.2, 0.25) is 0 Å². The normalized spacial score (nSPS) is 10.2. The van der Waals surface area contributed by atoms with Crippen LogP contribution in [0.15, 0.2) is 41.7 Å². The summed E-state index contributed by atoms with van der Waals surface area (Å²) in [4.78, 5) is 19.8. The number of nitrogens with zero attached hydrogens (tertiary/aromatic N) is 1. The second kappa shape index (κ2) is 5.54. The number of thioether (sulfide) groups is 1. The standard InChI is InChI=1S/C12H13N3OS/c1-17-11-4-2-9(3-5-11)12(16)14-7-10-6-13-8-15-10/h2-6,8H,7H2,1H3,(H,13,15)(H,14,16). The molecule has 2 rings (SSSR count). The molecule has 0 fully saturated rings. The van der Waals surface area contributed by atoms with E-state index in [-0.39, 0.29) is 5.91 Å². The highest BCUT2D eigenvalue weighted by molar-refractivity contribution is 7.98. The van der Waals surface area contributed by atoms with Gasteiger partial charge in [-0.05, 0) is 30.5 Å². The lowest BCUT2D eigenvalue weighted by Crippen LogP contribution is -2.22. The van der Waals surface area contributed by atoms with Crippen molar-refractivity contribution in [3.63, 3.8) is 0 Å². The quantitative estimate of drug-likeness (QED) is 0.813. The lowest BCUT2D eigenvalue weighted by Gasteiger charge is -2.04. The van der Waals surface area contributed by atoms with Gasteiger partial charge in [0.25, 0.3) is 5.91 Å². The third-order valence-corrected chi connectivity index (χ3v) is 3.09. The van der Waals surface area contributed by atoms with E-state index in [1.807, 2.05) is 30.5 Å². The highest BCUT2D eigenvalue weighted by Gasteiger charge is 2.05. The van der Waals surface area contributed by atoms with Crippen LogP contribution in [0.4, 0.5) is 0 Å². The van der Waals surface area contributed by atoms with Gasteiger partial charge in [-0.3, -0.25) is 4.79 Å². The molecule has 2 aromatic rings. The Morgan fingerprint density at radius 3 is 2.76 bits per heavy atom. The smallest absolute Gasteiger partial charge is 0.251 e. The minimum atomic E-state index is -0.0766. The Balaban J connectivity index is 1.95. The van der Waals surface area contributed by atoms with Gasteiger partial charge in [0.2, 0.25) is 0 Å². The van der Waals surface area contributed by atoms with Gasteiger partial charge in [-0.1, -0.05) is 0 Å². The predicted molar refractivity (Wildman–Crippen MR) is 68.0 cm³/mol. The van der Waals surface area contributed by atoms with Gasteiger partial charge in [-0.2, -0.15) is 0 Å². The fraction of sp³-hybridized carbons (Fsp3) is 0.167. The van der Waals surface area contributed by atoms with Crippen LogP contribution in [0.25, 0.3) is 0 Å². The van der Waals surface area contributed by atoms with Crippen molar-refractivity contribution in [1.82, 2.24) is 15.3 Å². The van der Waals surface area contributed by atoms with Crippen LogP contribution in [0.3, 0.4) is 0 Å². The monoisotopic (exact) mass is 247 g/mol. The molecule has 2 N–H and O–H groups in total. The molecule has 1 heterocycles. The van der Waals surface area contributed by atoms with Crippen molar-refractivity contribution < 1.29 is 4.79 Å². The summed E-state index contributed by atoms with van der Waals surface area (Å²) in [6.07, 6.45) is 5.29. The molecule has 88 valence electrons. The van der Waals surface area contributed by atoms with Crippen LogP contribution in [-0.2, 0) is 6.54 Å². The Morgan fingerprint density at radius 2 is 2.18 bits per heavy atom. The second-order valence-corrected chi connectivity index (χ2v) is 4.37. The largest absolute Gasteiger partial charge is 0.347 e. The minimum Gasteiger partial charge on any atom is -0.347 e. The number of carbonyl (C=O) groups is 1. The van der Waals surface area contributed by atoms with E-state index in [1.54, 1.807) is 24.3 Å². The van der Waals surface area contributed by atoms with Gasteiger partial charge in [0, 0.05) is 16.7 Å². The van der Waals surface area contributed by atoms with E-state index >= 15 is 0 Å². The molecular formula is C12H13N3OS. The number of hydrogen-bond acceptors (Lipinski definition) is 3. The van der Waals surface area contributed by atoms with Gasteiger partial charge in [-0.15, -0.1) is 11.8 Å². The number of rotatable bonds is 4. The molecule has 1 amide bonds. The number of carbonyl (C=O) groups excluding carboxylic acids is 1. The highest BCUT2D eigenvalue weighted by atomic mass is 32.2. The Labute approximate surface area is 104 Å². The summed E-state index contributed by atoms with van der Waals surface area (Å²) >= 11 is 1.66. The molecule has 0 saturated carbocycles. The van der Waals surface area contributed by atoms with Gasteiger partial charge >= 0.3 is 0 Å². The second-order valence-electron chi connectivity index (χ2n) is 3.49. The average Bonchev–Trinajstić information content (AvgIpc) is 2.89. The lowest BCUT2D eigenvalue weighted by atomic mass is 10.2. The van der Waals surface area contributed by atoms with Crippen molar-refractivity contribution >= 4 is 17.7 Å². The summed E-state index contributed by atoms with van der Waals surface area (Å²) in [7, 11) is 0. The van der Waals surface area contributed by atoms with Gasteiger partial charge in [0.15, 0.2) is 0 Å². The lowest BCUT2D eigenvalue weighted by molar-refractivity contribution is 0.0950. The van der Waals surface area contributed by atoms with Crippen molar-refractivity contribution in [2.75, 3.05) is 6.26 Å². The zero-order chi connectivity index (χ0) is 12.1. The first-order chi connectivity index (χ1) is 8.29. The summed E-state index contributed by atoms with van der Waals surface area (Å²) in [5.41, 5.74) is 1.56. The summed E-state index contributed by atoms with van der Waals surface area (Å²) in [6.45, 7) is 0.461. The summed E-state index contributed by atoms with van der Waals surface area (Å²) in [5, 5.41) is 2.82. The average molecular weight is 247 g/mol. The fourth-order valence-corrected chi connectivity index (χ4v) is 1.81. The number of H-pyrrole nitrogens is 1. The molecule has 5 heteroatoms. The molecule has 0 saturated heterocycles. The van der Waals surface area contributed by atoms with Crippen molar-refractivity contribution in [3.05, 3.63) is 48.0 Å². The third kappa shape index (κ3) is 3.10. The van der Waals surface area contributed by atoms with Crippen LogP contribution in [-0.4, -0.2) is 22.1 Å². The SMILES string of the molecule is CSc1ccc(C(=O)NCc2cnc[nH]2)cc1. The van der Waals surface area contributed by atoms with Crippen molar-refractivity contribution in [2.24, 2.45) is 0 Å². The predicted octanol–water partition coefficient (Wildman–Crippen LogP) is 2.06. The molecule has 0 radical (unpaired) electrons. The van der Waals surface area contributed by atoms with E-state index in [1.165, 1.54) is 0 Å². The van der Waals surface area contributed by atoms with E-state index in [0.29, 0.717) is 12.1 Å². The van der Waals surface area contributed by atoms with Crippen LogP contribution in [0.1, 0.15) is 16.1 Å². The molecular weight excluding hydrogens is 234 g/mol. The van der Waals surface area contributed by atoms with Crippen molar-refractivity contribution in [3.8, 4) is 0 Å². The fourth-order valence-electron chi connectivity index (χ4n) is 1.40. The number of nitrogens with one attached hydrogen (secondary N) is 2. The maximum atomic E-state index is 11.8. The molecule has 4 nitrogen and oxygen atoms in total. The third-order valence-electron chi connectivity index (χ3n) is 2.35. The summed E-state index contributed by atoms with van der Waals surface area (Å²) in [6, 6.07) is 7.54. The topological polar surface area (TPSA) is 57.8 Å². The zero-order valence-corrected chi connectivity index (χ0v) is 10.3. The molecule has 0 aliphatic rings. The van der Waals surface area contributed by atoms with Crippen LogP contribution in [0, 0.1) is 0 Å². The molecule has 0 bridgehead atoms. The number of aromatic amines is 1. The van der Waals surface area contributed by atoms with E-state index in [0.717, 1.165) is 10.6 Å². The number of benzene rings is 1. The number of amides is 1. The molecule has 0 spiro atoms. The van der Waals surface area contributed by atoms with Crippen molar-refractivity contribution in [1.29, 1.82) is 0 Å². The van der Waals surface area contributed by atoms with Gasteiger partial charge in [0.05, 0.1) is 18.6 Å². The molecule has 1 aromatic heterocycles. The maximum absolute atomic E-state index is 11.8. The Hall–Kier alpha value is -1.75. The molecule has 1 aromatic carbocycles. The van der Waals surface area contributed by atoms with E-state index in [9.17, 15) is 4.79 Å². The Bertz CT molecular complexity index is 479. The van der Waals surface area contributed by atoms with Crippen LogP contribution in [0.5, 0.6) is 0 Å². The van der Waals surface area contributed by atoms with Gasteiger partial charge in [0.1, 0.15) is 0 Å². The molecule has 17 heavy (non-hydrogen) atoms. The summed E-state index contributed by atoms with van der Waals surface area (Å²) < 4.78 is 0. The highest BCUT2D eigenvalue weighted by Crippen LogP contribution is 2.14. The first kappa shape index (κ1) is 11.7. The first-order valence-corrected chi connectivity index (χ1v) is 6.41. The van der Waals surface area contributed by atoms with Crippen molar-refractivity contribution in [2.45, 2.75) is 11.4 Å². The van der Waals surface area contributed by atoms with Crippen LogP contribution < -0.4 is 5.32 Å². The Kier molecular flexibility index (Phi) is 3.82. The van der Waals surface area contributed by atoms with E-state index < -0.39 is 0 Å².